The van der Waals surface area contributed by atoms with E-state index in [4.69, 9.17) is 9.15 Å². The maximum atomic E-state index is 14.7. The van der Waals surface area contributed by atoms with Crippen molar-refractivity contribution in [2.45, 2.75) is 58.3 Å². The second kappa shape index (κ2) is 12.4. The van der Waals surface area contributed by atoms with Crippen molar-refractivity contribution in [2.75, 3.05) is 6.61 Å². The number of oxazole rings is 1. The Morgan fingerprint density at radius 2 is 1.46 bits per heavy atom. The SMILES string of the molecule is CCCCCCCCCCOc1c(F)cc(-c2ccc(-c3nc4cc([N+](=O)[O-])ccc4o3)cc2)cc1F. The van der Waals surface area contributed by atoms with E-state index in [9.17, 15) is 18.9 Å². The van der Waals surface area contributed by atoms with E-state index in [1.165, 1.54) is 62.4 Å². The summed E-state index contributed by atoms with van der Waals surface area (Å²) in [4.78, 5) is 14.8. The zero-order chi connectivity index (χ0) is 26.2. The van der Waals surface area contributed by atoms with Crippen LogP contribution in [-0.4, -0.2) is 16.5 Å². The van der Waals surface area contributed by atoms with Crippen molar-refractivity contribution in [1.29, 1.82) is 0 Å². The van der Waals surface area contributed by atoms with Gasteiger partial charge >= 0.3 is 0 Å². The maximum Gasteiger partial charge on any atom is 0.271 e. The normalized spacial score (nSPS) is 11.2. The van der Waals surface area contributed by atoms with Gasteiger partial charge < -0.3 is 9.15 Å². The topological polar surface area (TPSA) is 78.4 Å². The fourth-order valence-electron chi connectivity index (χ4n) is 4.23. The Hall–Kier alpha value is -3.81. The van der Waals surface area contributed by atoms with E-state index >= 15 is 0 Å². The quantitative estimate of drug-likeness (QED) is 0.102. The van der Waals surface area contributed by atoms with Crippen LogP contribution in [0.1, 0.15) is 58.3 Å². The highest BCUT2D eigenvalue weighted by molar-refractivity contribution is 5.79. The molecule has 0 N–H and O–H groups in total. The number of nitro groups is 1. The summed E-state index contributed by atoms with van der Waals surface area (Å²) in [7, 11) is 0. The van der Waals surface area contributed by atoms with Crippen molar-refractivity contribution in [1.82, 2.24) is 4.98 Å². The van der Waals surface area contributed by atoms with Crippen LogP contribution in [0.2, 0.25) is 0 Å². The number of rotatable bonds is 13. The lowest BCUT2D eigenvalue weighted by Crippen LogP contribution is -2.02. The molecule has 1 heterocycles. The van der Waals surface area contributed by atoms with Crippen LogP contribution >= 0.6 is 0 Å². The number of benzene rings is 3. The summed E-state index contributed by atoms with van der Waals surface area (Å²) in [6.07, 6.45) is 9.04. The number of hydrogen-bond donors (Lipinski definition) is 0. The first-order valence-electron chi connectivity index (χ1n) is 12.7. The fraction of sp³-hybridized carbons (Fsp3) is 0.345. The smallest absolute Gasteiger partial charge is 0.271 e. The average Bonchev–Trinajstić information content (AvgIpc) is 3.32. The zero-order valence-corrected chi connectivity index (χ0v) is 20.8. The van der Waals surface area contributed by atoms with Crippen molar-refractivity contribution in [3.05, 3.63) is 76.3 Å². The molecule has 194 valence electrons. The molecular formula is C29H30F2N2O4. The van der Waals surface area contributed by atoms with Crippen molar-refractivity contribution in [2.24, 2.45) is 0 Å². The third-order valence-electron chi connectivity index (χ3n) is 6.29. The average molecular weight is 509 g/mol. The lowest BCUT2D eigenvalue weighted by molar-refractivity contribution is -0.384. The minimum absolute atomic E-state index is 0.0722. The Balaban J connectivity index is 1.37. The summed E-state index contributed by atoms with van der Waals surface area (Å²) in [5, 5.41) is 11.0. The van der Waals surface area contributed by atoms with Gasteiger partial charge in [0.05, 0.1) is 11.5 Å². The van der Waals surface area contributed by atoms with Crippen molar-refractivity contribution in [3.63, 3.8) is 0 Å². The predicted molar refractivity (Wildman–Crippen MR) is 140 cm³/mol. The molecule has 0 aliphatic heterocycles. The van der Waals surface area contributed by atoms with Gasteiger partial charge in [0.2, 0.25) is 5.89 Å². The highest BCUT2D eigenvalue weighted by Gasteiger charge is 2.15. The molecule has 3 aromatic carbocycles. The molecule has 0 atom stereocenters. The van der Waals surface area contributed by atoms with Gasteiger partial charge in [0, 0.05) is 17.7 Å². The van der Waals surface area contributed by atoms with Crippen molar-refractivity contribution < 1.29 is 22.9 Å². The van der Waals surface area contributed by atoms with Gasteiger partial charge in [0.1, 0.15) is 5.52 Å². The molecule has 0 fully saturated rings. The van der Waals surface area contributed by atoms with Gasteiger partial charge in [-0.15, -0.1) is 0 Å². The van der Waals surface area contributed by atoms with E-state index in [1.807, 2.05) is 0 Å². The first-order chi connectivity index (χ1) is 18.0. The minimum atomic E-state index is -0.737. The van der Waals surface area contributed by atoms with Gasteiger partial charge in [-0.1, -0.05) is 64.0 Å². The van der Waals surface area contributed by atoms with Crippen LogP contribution in [-0.2, 0) is 0 Å². The summed E-state index contributed by atoms with van der Waals surface area (Å²) < 4.78 is 40.4. The summed E-state index contributed by atoms with van der Waals surface area (Å²) in [5.74, 6) is -1.52. The van der Waals surface area contributed by atoms with Crippen molar-refractivity contribution in [3.8, 4) is 28.3 Å². The molecule has 0 saturated heterocycles. The maximum absolute atomic E-state index is 14.7. The third-order valence-corrected chi connectivity index (χ3v) is 6.29. The first kappa shape index (κ1) is 26.3. The third kappa shape index (κ3) is 6.70. The Labute approximate surface area is 214 Å². The number of halogens is 2. The Morgan fingerprint density at radius 3 is 2.11 bits per heavy atom. The van der Waals surface area contributed by atoms with E-state index in [2.05, 4.69) is 11.9 Å². The standard InChI is InChI=1S/C29H30F2N2O4/c1-2-3-4-5-6-7-8-9-16-36-28-24(30)17-22(18-25(28)31)20-10-12-21(13-11-20)29-32-26-19-23(33(34)35)14-15-27(26)37-29/h10-15,17-19H,2-9,16H2,1H3. The van der Waals surface area contributed by atoms with Crippen LogP contribution < -0.4 is 4.74 Å². The van der Waals surface area contributed by atoms with E-state index < -0.39 is 16.6 Å². The minimum Gasteiger partial charge on any atom is -0.488 e. The molecule has 0 aliphatic rings. The number of non-ortho nitro benzene ring substituents is 1. The van der Waals surface area contributed by atoms with Gasteiger partial charge in [-0.05, 0) is 47.9 Å². The molecule has 4 rings (SSSR count). The number of unbranched alkanes of at least 4 members (excludes halogenated alkanes) is 7. The largest absolute Gasteiger partial charge is 0.488 e. The number of fused-ring (bicyclic) bond motifs is 1. The van der Waals surface area contributed by atoms with E-state index in [0.29, 0.717) is 33.7 Å². The molecule has 6 nitrogen and oxygen atoms in total. The molecule has 4 aromatic rings. The molecule has 0 amide bonds. The lowest BCUT2D eigenvalue weighted by Gasteiger charge is -2.11. The van der Waals surface area contributed by atoms with Crippen molar-refractivity contribution >= 4 is 16.8 Å². The van der Waals surface area contributed by atoms with Gasteiger partial charge in [-0.2, -0.15) is 0 Å². The number of hydrogen-bond acceptors (Lipinski definition) is 5. The second-order valence-electron chi connectivity index (χ2n) is 9.10. The van der Waals surface area contributed by atoms with Crippen LogP contribution in [0.25, 0.3) is 33.7 Å². The first-order valence-corrected chi connectivity index (χ1v) is 12.7. The van der Waals surface area contributed by atoms with Gasteiger partial charge in [0.25, 0.3) is 5.69 Å². The highest BCUT2D eigenvalue weighted by atomic mass is 19.1. The monoisotopic (exact) mass is 508 g/mol. The van der Waals surface area contributed by atoms with Crippen LogP contribution in [0.3, 0.4) is 0 Å². The molecule has 0 saturated carbocycles. The lowest BCUT2D eigenvalue weighted by atomic mass is 10.0. The van der Waals surface area contributed by atoms with Crippen LogP contribution in [0.5, 0.6) is 5.75 Å². The van der Waals surface area contributed by atoms with Crippen LogP contribution in [0.15, 0.2) is 59.0 Å². The summed E-state index contributed by atoms with van der Waals surface area (Å²) in [5.41, 5.74) is 2.36. The molecule has 37 heavy (non-hydrogen) atoms. The number of nitro benzene ring substituents is 1. The zero-order valence-electron chi connectivity index (χ0n) is 20.8. The number of nitrogens with zero attached hydrogens (tertiary/aromatic N) is 2. The Morgan fingerprint density at radius 1 is 0.838 bits per heavy atom. The van der Waals surface area contributed by atoms with Gasteiger partial charge in [0.15, 0.2) is 23.0 Å². The molecule has 1 aromatic heterocycles. The van der Waals surface area contributed by atoms with Crippen LogP contribution in [0, 0.1) is 21.7 Å². The molecule has 0 aliphatic carbocycles. The molecule has 0 bridgehead atoms. The molecule has 0 spiro atoms. The van der Waals surface area contributed by atoms with E-state index in [0.717, 1.165) is 19.3 Å². The highest BCUT2D eigenvalue weighted by Crippen LogP contribution is 2.32. The van der Waals surface area contributed by atoms with E-state index in [1.54, 1.807) is 24.3 Å². The molecular weight excluding hydrogens is 478 g/mol. The Kier molecular flexibility index (Phi) is 8.82. The fourth-order valence-corrected chi connectivity index (χ4v) is 4.23. The number of ether oxygens (including phenoxy) is 1. The second-order valence-corrected chi connectivity index (χ2v) is 9.10. The summed E-state index contributed by atoms with van der Waals surface area (Å²) in [6.45, 7) is 2.48. The predicted octanol–water partition coefficient (Wildman–Crippen LogP) is 8.87. The van der Waals surface area contributed by atoms with Gasteiger partial charge in [-0.3, -0.25) is 10.1 Å². The summed E-state index contributed by atoms with van der Waals surface area (Å²) in [6, 6.07) is 13.6. The molecule has 0 radical (unpaired) electrons. The number of aromatic nitrogens is 1. The van der Waals surface area contributed by atoms with E-state index in [-0.39, 0.29) is 18.0 Å². The molecule has 8 heteroatoms. The Bertz CT molecular complexity index is 1330. The summed E-state index contributed by atoms with van der Waals surface area (Å²) >= 11 is 0. The van der Waals surface area contributed by atoms with Crippen LogP contribution in [0.4, 0.5) is 14.5 Å². The van der Waals surface area contributed by atoms with Gasteiger partial charge in [-0.25, -0.2) is 13.8 Å². The molecule has 0 unspecified atom stereocenters.